The molecule has 0 spiro atoms. The largest absolute Gasteiger partial charge is 0.480 e. The topological polar surface area (TPSA) is 49.3 Å². The lowest BCUT2D eigenvalue weighted by Gasteiger charge is -2.17. The molecule has 0 aliphatic carbocycles. The number of carboxylic acids is 1. The van der Waals surface area contributed by atoms with Crippen molar-refractivity contribution in [2.45, 2.75) is 25.9 Å². The molecule has 82 valence electrons. The summed E-state index contributed by atoms with van der Waals surface area (Å²) >= 11 is 0. The molecule has 0 saturated carbocycles. The second-order valence-corrected chi connectivity index (χ2v) is 3.50. The van der Waals surface area contributed by atoms with Gasteiger partial charge in [-0.05, 0) is 31.5 Å². The maximum Gasteiger partial charge on any atom is 0.320 e. The van der Waals surface area contributed by atoms with Crippen molar-refractivity contribution >= 4 is 5.97 Å². The molecular formula is C11H14FNO2. The van der Waals surface area contributed by atoms with E-state index in [0.29, 0.717) is 0 Å². The average Bonchev–Trinajstić information content (AvgIpc) is 2.17. The Balaban J connectivity index is 2.68. The van der Waals surface area contributed by atoms with Crippen LogP contribution in [0.25, 0.3) is 0 Å². The van der Waals surface area contributed by atoms with E-state index in [4.69, 9.17) is 5.11 Å². The average molecular weight is 211 g/mol. The van der Waals surface area contributed by atoms with Gasteiger partial charge in [-0.25, -0.2) is 4.39 Å². The lowest BCUT2D eigenvalue weighted by molar-refractivity contribution is -0.139. The van der Waals surface area contributed by atoms with E-state index in [0.717, 1.165) is 5.56 Å². The van der Waals surface area contributed by atoms with E-state index in [2.05, 4.69) is 5.32 Å². The van der Waals surface area contributed by atoms with Crippen molar-refractivity contribution in [3.63, 3.8) is 0 Å². The van der Waals surface area contributed by atoms with E-state index in [-0.39, 0.29) is 11.9 Å². The lowest BCUT2D eigenvalue weighted by Crippen LogP contribution is -2.35. The summed E-state index contributed by atoms with van der Waals surface area (Å²) in [5, 5.41) is 11.6. The van der Waals surface area contributed by atoms with Gasteiger partial charge in [-0.1, -0.05) is 12.1 Å². The van der Waals surface area contributed by atoms with Gasteiger partial charge >= 0.3 is 5.97 Å². The summed E-state index contributed by atoms with van der Waals surface area (Å²) in [5.41, 5.74) is 0.739. The standard InChI is InChI=1S/C11H14FNO2/c1-7(13-8(2)11(14)15)9-4-3-5-10(12)6-9/h3-8,13H,1-2H3,(H,14,15). The fourth-order valence-electron chi connectivity index (χ4n) is 1.32. The zero-order valence-electron chi connectivity index (χ0n) is 8.70. The minimum Gasteiger partial charge on any atom is -0.480 e. The van der Waals surface area contributed by atoms with Crippen molar-refractivity contribution < 1.29 is 14.3 Å². The quantitative estimate of drug-likeness (QED) is 0.800. The number of nitrogens with one attached hydrogen (secondary N) is 1. The van der Waals surface area contributed by atoms with Crippen LogP contribution in [0.1, 0.15) is 25.5 Å². The monoisotopic (exact) mass is 211 g/mol. The third-order valence-electron chi connectivity index (χ3n) is 2.22. The number of carboxylic acid groups (broad SMARTS) is 1. The summed E-state index contributed by atoms with van der Waals surface area (Å²) in [4.78, 5) is 10.6. The molecule has 1 aromatic rings. The van der Waals surface area contributed by atoms with Crippen LogP contribution >= 0.6 is 0 Å². The van der Waals surface area contributed by atoms with Gasteiger partial charge in [0.25, 0.3) is 0 Å². The maximum absolute atomic E-state index is 12.9. The van der Waals surface area contributed by atoms with Gasteiger partial charge in [-0.15, -0.1) is 0 Å². The van der Waals surface area contributed by atoms with Gasteiger partial charge in [0, 0.05) is 6.04 Å². The van der Waals surface area contributed by atoms with Crippen LogP contribution < -0.4 is 5.32 Å². The highest BCUT2D eigenvalue weighted by Crippen LogP contribution is 2.13. The normalized spacial score (nSPS) is 14.6. The Hall–Kier alpha value is -1.42. The Morgan fingerprint density at radius 3 is 2.67 bits per heavy atom. The molecule has 0 bridgehead atoms. The van der Waals surface area contributed by atoms with Gasteiger partial charge in [-0.2, -0.15) is 0 Å². The maximum atomic E-state index is 12.9. The molecule has 0 aromatic heterocycles. The minimum atomic E-state index is -0.918. The molecule has 0 amide bonds. The van der Waals surface area contributed by atoms with E-state index < -0.39 is 12.0 Å². The molecule has 2 atom stereocenters. The van der Waals surface area contributed by atoms with E-state index in [9.17, 15) is 9.18 Å². The second-order valence-electron chi connectivity index (χ2n) is 3.50. The van der Waals surface area contributed by atoms with Gasteiger partial charge in [0.05, 0.1) is 0 Å². The summed E-state index contributed by atoms with van der Waals surface area (Å²) in [7, 11) is 0. The fourth-order valence-corrected chi connectivity index (χ4v) is 1.32. The molecule has 1 rings (SSSR count). The van der Waals surface area contributed by atoms with Gasteiger partial charge in [-0.3, -0.25) is 10.1 Å². The Morgan fingerprint density at radius 1 is 1.47 bits per heavy atom. The number of hydrogen-bond acceptors (Lipinski definition) is 2. The SMILES string of the molecule is CC(NC(C)c1cccc(F)c1)C(=O)O. The molecule has 0 heterocycles. The van der Waals surface area contributed by atoms with Gasteiger partial charge < -0.3 is 5.11 Å². The van der Waals surface area contributed by atoms with Crippen LogP contribution in [-0.4, -0.2) is 17.1 Å². The van der Waals surface area contributed by atoms with Crippen LogP contribution in [0.4, 0.5) is 4.39 Å². The van der Waals surface area contributed by atoms with Crippen LogP contribution in [0.5, 0.6) is 0 Å². The van der Waals surface area contributed by atoms with Crippen molar-refractivity contribution in [3.8, 4) is 0 Å². The third-order valence-corrected chi connectivity index (χ3v) is 2.22. The van der Waals surface area contributed by atoms with Gasteiger partial charge in [0.2, 0.25) is 0 Å². The molecule has 0 saturated heterocycles. The Bertz CT molecular complexity index is 354. The molecule has 2 unspecified atom stereocenters. The first-order valence-corrected chi connectivity index (χ1v) is 4.75. The van der Waals surface area contributed by atoms with Crippen LogP contribution in [0.3, 0.4) is 0 Å². The molecule has 4 heteroatoms. The van der Waals surface area contributed by atoms with Gasteiger partial charge in [0.1, 0.15) is 11.9 Å². The van der Waals surface area contributed by atoms with Crippen molar-refractivity contribution in [2.24, 2.45) is 0 Å². The number of aliphatic carboxylic acids is 1. The first-order valence-electron chi connectivity index (χ1n) is 4.75. The molecule has 1 aromatic carbocycles. The molecule has 15 heavy (non-hydrogen) atoms. The first-order chi connectivity index (χ1) is 7.00. The second kappa shape index (κ2) is 4.89. The molecule has 3 nitrogen and oxygen atoms in total. The molecule has 0 radical (unpaired) electrons. The van der Waals surface area contributed by atoms with Crippen molar-refractivity contribution in [1.29, 1.82) is 0 Å². The summed E-state index contributed by atoms with van der Waals surface area (Å²) in [5.74, 6) is -1.23. The highest BCUT2D eigenvalue weighted by molar-refractivity contribution is 5.72. The zero-order valence-corrected chi connectivity index (χ0v) is 8.70. The molecule has 0 fully saturated rings. The van der Waals surface area contributed by atoms with Crippen LogP contribution in [0, 0.1) is 5.82 Å². The fraction of sp³-hybridized carbons (Fsp3) is 0.364. The number of hydrogen-bond donors (Lipinski definition) is 2. The Labute approximate surface area is 87.9 Å². The van der Waals surface area contributed by atoms with Crippen LogP contribution in [0.2, 0.25) is 0 Å². The van der Waals surface area contributed by atoms with Crippen LogP contribution in [-0.2, 0) is 4.79 Å². The predicted molar refractivity (Wildman–Crippen MR) is 55.0 cm³/mol. The third kappa shape index (κ3) is 3.32. The number of rotatable bonds is 4. The van der Waals surface area contributed by atoms with Crippen LogP contribution in [0.15, 0.2) is 24.3 Å². The van der Waals surface area contributed by atoms with Crippen molar-refractivity contribution in [3.05, 3.63) is 35.6 Å². The van der Waals surface area contributed by atoms with Crippen molar-refractivity contribution in [1.82, 2.24) is 5.32 Å². The number of halogens is 1. The molecule has 0 aliphatic heterocycles. The first kappa shape index (κ1) is 11.7. The Kier molecular flexibility index (Phi) is 3.80. The van der Waals surface area contributed by atoms with Crippen molar-refractivity contribution in [2.75, 3.05) is 0 Å². The predicted octanol–water partition coefficient (Wildman–Crippen LogP) is 1.95. The summed E-state index contributed by atoms with van der Waals surface area (Å²) in [6, 6.07) is 5.28. The lowest BCUT2D eigenvalue weighted by atomic mass is 10.1. The summed E-state index contributed by atoms with van der Waals surface area (Å²) in [6.45, 7) is 3.35. The summed E-state index contributed by atoms with van der Waals surface area (Å²) in [6.07, 6.45) is 0. The smallest absolute Gasteiger partial charge is 0.320 e. The van der Waals surface area contributed by atoms with E-state index in [1.807, 2.05) is 0 Å². The number of benzene rings is 1. The minimum absolute atomic E-state index is 0.188. The van der Waals surface area contributed by atoms with E-state index in [1.54, 1.807) is 26.0 Å². The molecular weight excluding hydrogens is 197 g/mol. The highest BCUT2D eigenvalue weighted by Gasteiger charge is 2.14. The summed E-state index contributed by atoms with van der Waals surface area (Å²) < 4.78 is 12.9. The number of carbonyl (C=O) groups is 1. The molecule has 0 aliphatic rings. The van der Waals surface area contributed by atoms with E-state index in [1.165, 1.54) is 12.1 Å². The highest BCUT2D eigenvalue weighted by atomic mass is 19.1. The van der Waals surface area contributed by atoms with E-state index >= 15 is 0 Å². The van der Waals surface area contributed by atoms with Gasteiger partial charge in [0.15, 0.2) is 0 Å². The Morgan fingerprint density at radius 2 is 2.13 bits per heavy atom. The zero-order chi connectivity index (χ0) is 11.4. The molecule has 2 N–H and O–H groups in total.